The summed E-state index contributed by atoms with van der Waals surface area (Å²) in [5.74, 6) is 0. The molecule has 0 atom stereocenters. The largest absolute Gasteiger partial charge is 0.673 e. The first-order valence-electron chi connectivity index (χ1n) is 6.24. The lowest BCUT2D eigenvalue weighted by atomic mass is 10.3. The molecule has 0 radical (unpaired) electrons. The van der Waals surface area contributed by atoms with Crippen molar-refractivity contribution < 1.29 is 35.0 Å². The van der Waals surface area contributed by atoms with Crippen LogP contribution < -0.4 is 9.29 Å². The van der Waals surface area contributed by atoms with Gasteiger partial charge in [-0.2, -0.15) is 13.2 Å². The molecule has 12 heteroatoms. The molecule has 0 fully saturated rings. The average Bonchev–Trinajstić information content (AvgIpc) is 2.72. The van der Waals surface area contributed by atoms with E-state index >= 15 is 0 Å². The number of halogens is 4. The minimum absolute atomic E-state index is 0.633. The summed E-state index contributed by atoms with van der Waals surface area (Å²) in [6.07, 6.45) is 1.63. The highest BCUT2D eigenvalue weighted by Gasteiger charge is 2.26. The molecule has 1 amide bonds. The fraction of sp³-hybridized carbons (Fsp3) is 0.273. The molecule has 128 valence electrons. The zero-order valence-corrected chi connectivity index (χ0v) is 13.7. The Morgan fingerprint density at radius 2 is 1.78 bits per heavy atom. The standard InChI is InChI=1S/C11H12N2O3S2.BF4/c1-3-10-13(11(14)12-18(2,15)16)8-6-4-5-7-9(8)17-10;2-1(3,4)5/h4-7H,3H2,1-2H3;/q;-1/p+1. The molecule has 0 aliphatic rings. The summed E-state index contributed by atoms with van der Waals surface area (Å²) in [6, 6.07) is 6.78. The summed E-state index contributed by atoms with van der Waals surface area (Å²) in [4.78, 5) is 12.0. The van der Waals surface area contributed by atoms with Crippen molar-refractivity contribution in [1.82, 2.24) is 4.72 Å². The number of nitrogens with zero attached hydrogens (tertiary/aromatic N) is 1. The Kier molecular flexibility index (Phi) is 6.11. The van der Waals surface area contributed by atoms with Gasteiger partial charge in [-0.15, -0.1) is 9.29 Å². The van der Waals surface area contributed by atoms with Gasteiger partial charge < -0.3 is 17.3 Å². The zero-order valence-electron chi connectivity index (χ0n) is 12.1. The van der Waals surface area contributed by atoms with Crippen molar-refractivity contribution in [2.45, 2.75) is 13.3 Å². The molecule has 1 aromatic heterocycles. The van der Waals surface area contributed by atoms with E-state index in [9.17, 15) is 30.5 Å². The summed E-state index contributed by atoms with van der Waals surface area (Å²) in [6.45, 7) is 1.93. The number of thiazole rings is 1. The van der Waals surface area contributed by atoms with Crippen molar-refractivity contribution in [3.8, 4) is 0 Å². The van der Waals surface area contributed by atoms with Crippen molar-refractivity contribution in [1.29, 1.82) is 0 Å². The highest BCUT2D eigenvalue weighted by atomic mass is 32.2. The van der Waals surface area contributed by atoms with Gasteiger partial charge >= 0.3 is 13.3 Å². The predicted octanol–water partition coefficient (Wildman–Crippen LogP) is 2.57. The molecule has 2 rings (SSSR count). The predicted molar refractivity (Wildman–Crippen MR) is 80.4 cm³/mol. The van der Waals surface area contributed by atoms with Crippen LogP contribution in [0, 0.1) is 0 Å². The van der Waals surface area contributed by atoms with Gasteiger partial charge in [-0.25, -0.2) is 0 Å². The minimum atomic E-state index is -6.00. The number of nitrogens with one attached hydrogen (secondary N) is 1. The van der Waals surface area contributed by atoms with Gasteiger partial charge in [0.25, 0.3) is 10.0 Å². The summed E-state index contributed by atoms with van der Waals surface area (Å²) in [7, 11) is -9.56. The fourth-order valence-corrected chi connectivity index (χ4v) is 3.18. The molecule has 5 nitrogen and oxygen atoms in total. The molecule has 1 heterocycles. The first-order chi connectivity index (χ1) is 10.4. The second kappa shape index (κ2) is 7.26. The van der Waals surface area contributed by atoms with E-state index in [4.69, 9.17) is 0 Å². The minimum Gasteiger partial charge on any atom is -0.418 e. The lowest BCUT2D eigenvalue weighted by Gasteiger charge is -1.98. The van der Waals surface area contributed by atoms with Gasteiger partial charge in [0, 0.05) is 6.42 Å². The number of fused-ring (bicyclic) bond motifs is 1. The maximum absolute atomic E-state index is 12.0. The molecule has 2 aromatic rings. The van der Waals surface area contributed by atoms with Crippen LogP contribution in [0.3, 0.4) is 0 Å². The third-order valence-electron chi connectivity index (χ3n) is 2.36. The maximum atomic E-state index is 12.0. The second-order valence-corrected chi connectivity index (χ2v) is 7.19. The molecule has 0 spiro atoms. The number of amides is 1. The van der Waals surface area contributed by atoms with E-state index < -0.39 is 23.3 Å². The van der Waals surface area contributed by atoms with E-state index in [1.165, 1.54) is 15.9 Å². The van der Waals surface area contributed by atoms with Gasteiger partial charge in [0.15, 0.2) is 10.5 Å². The zero-order chi connectivity index (χ0) is 17.8. The molecule has 0 bridgehead atoms. The Bertz CT molecular complexity index is 799. The summed E-state index contributed by atoms with van der Waals surface area (Å²) < 4.78 is 65.6. The first-order valence-corrected chi connectivity index (χ1v) is 8.95. The highest BCUT2D eigenvalue weighted by Crippen LogP contribution is 2.20. The Morgan fingerprint density at radius 1 is 1.26 bits per heavy atom. The monoisotopic (exact) mass is 372 g/mol. The van der Waals surface area contributed by atoms with Gasteiger partial charge in [0.05, 0.1) is 11.0 Å². The quantitative estimate of drug-likeness (QED) is 0.501. The van der Waals surface area contributed by atoms with Gasteiger partial charge in [0.2, 0.25) is 0 Å². The molecule has 0 saturated heterocycles. The Balaban J connectivity index is 0.000000463. The van der Waals surface area contributed by atoms with Crippen LogP contribution in [0.15, 0.2) is 24.3 Å². The molecule has 0 unspecified atom stereocenters. The van der Waals surface area contributed by atoms with Gasteiger partial charge in [-0.05, 0) is 12.1 Å². The maximum Gasteiger partial charge on any atom is 0.673 e. The van der Waals surface area contributed by atoms with Gasteiger partial charge in [-0.3, -0.25) is 0 Å². The molecule has 0 aliphatic carbocycles. The van der Waals surface area contributed by atoms with Crippen molar-refractivity contribution in [2.75, 3.05) is 6.26 Å². The smallest absolute Gasteiger partial charge is 0.418 e. The van der Waals surface area contributed by atoms with Crippen LogP contribution in [0.1, 0.15) is 11.9 Å². The lowest BCUT2D eigenvalue weighted by molar-refractivity contribution is -0.546. The molecule has 1 N–H and O–H groups in total. The van der Waals surface area contributed by atoms with Crippen molar-refractivity contribution >= 4 is 44.9 Å². The van der Waals surface area contributed by atoms with Crippen LogP contribution in [-0.4, -0.2) is 28.0 Å². The van der Waals surface area contributed by atoms with E-state index in [-0.39, 0.29) is 0 Å². The number of sulfonamides is 1. The number of carbonyl (C=O) groups excluding carboxylic acids is 1. The van der Waals surface area contributed by atoms with Gasteiger partial charge in [0.1, 0.15) is 0 Å². The SMILES string of the molecule is CCc1sc2ccccc2[n+]1C(=O)NS(C)(=O)=O.F[B-](F)(F)F. The average molecular weight is 372 g/mol. The molecule has 23 heavy (non-hydrogen) atoms. The van der Waals surface area contributed by atoms with E-state index in [2.05, 4.69) is 0 Å². The topological polar surface area (TPSA) is 67.1 Å². The number of aromatic nitrogens is 1. The summed E-state index contributed by atoms with van der Waals surface area (Å²) in [5.41, 5.74) is 0.723. The number of para-hydroxylation sites is 1. The number of carbonyl (C=O) groups is 1. The van der Waals surface area contributed by atoms with Crippen LogP contribution >= 0.6 is 11.3 Å². The summed E-state index contributed by atoms with van der Waals surface area (Å²) in [5, 5.41) is 0.817. The van der Waals surface area contributed by atoms with E-state index in [1.54, 1.807) is 6.07 Å². The molecular formula is C11H13BF4N2O3S2. The van der Waals surface area contributed by atoms with E-state index in [1.807, 2.05) is 29.8 Å². The lowest BCUT2D eigenvalue weighted by Crippen LogP contribution is -2.53. The number of rotatable bonds is 2. The van der Waals surface area contributed by atoms with E-state index in [0.717, 1.165) is 21.5 Å². The second-order valence-electron chi connectivity index (χ2n) is 4.33. The van der Waals surface area contributed by atoms with Crippen LogP contribution in [0.25, 0.3) is 10.2 Å². The van der Waals surface area contributed by atoms with E-state index in [0.29, 0.717) is 6.42 Å². The highest BCUT2D eigenvalue weighted by molar-refractivity contribution is 7.89. The fourth-order valence-electron chi connectivity index (χ4n) is 1.69. The van der Waals surface area contributed by atoms with Crippen LogP contribution in [-0.2, 0) is 16.4 Å². The molecule has 0 saturated carbocycles. The number of hydrogen-bond acceptors (Lipinski definition) is 4. The number of hydrogen-bond donors (Lipinski definition) is 1. The molecule has 0 aliphatic heterocycles. The number of benzene rings is 1. The third kappa shape index (κ3) is 6.53. The van der Waals surface area contributed by atoms with Crippen LogP contribution in [0.2, 0.25) is 0 Å². The Hall–Kier alpha value is -1.69. The summed E-state index contributed by atoms with van der Waals surface area (Å²) >= 11 is 1.49. The third-order valence-corrected chi connectivity index (χ3v) is 4.18. The van der Waals surface area contributed by atoms with Crippen LogP contribution in [0.4, 0.5) is 22.1 Å². The van der Waals surface area contributed by atoms with Crippen molar-refractivity contribution in [2.24, 2.45) is 0 Å². The normalized spacial score (nSPS) is 11.7. The Labute approximate surface area is 134 Å². The van der Waals surface area contributed by atoms with Crippen LogP contribution in [0.5, 0.6) is 0 Å². The Morgan fingerprint density at radius 3 is 2.26 bits per heavy atom. The van der Waals surface area contributed by atoms with Crippen molar-refractivity contribution in [3.63, 3.8) is 0 Å². The molecule has 1 aromatic carbocycles. The van der Waals surface area contributed by atoms with Gasteiger partial charge in [-0.1, -0.05) is 30.4 Å². The molecular weight excluding hydrogens is 359 g/mol. The van der Waals surface area contributed by atoms with Crippen molar-refractivity contribution in [3.05, 3.63) is 29.3 Å². The number of aryl methyl sites for hydroxylation is 1. The first kappa shape index (κ1) is 19.4.